The SMILES string of the molecule is COc1cc2cn[c]nc2cc1OC. The lowest BCUT2D eigenvalue weighted by molar-refractivity contribution is 0.356. The maximum atomic E-state index is 5.15. The van der Waals surface area contributed by atoms with Crippen LogP contribution in [-0.4, -0.2) is 24.2 Å². The van der Waals surface area contributed by atoms with Crippen molar-refractivity contribution < 1.29 is 9.47 Å². The van der Waals surface area contributed by atoms with E-state index in [9.17, 15) is 0 Å². The molecule has 4 nitrogen and oxygen atoms in total. The number of benzene rings is 1. The molecule has 0 fully saturated rings. The molecule has 1 heterocycles. The van der Waals surface area contributed by atoms with Gasteiger partial charge in [0.1, 0.15) is 0 Å². The van der Waals surface area contributed by atoms with Gasteiger partial charge in [-0.05, 0) is 6.07 Å². The zero-order valence-electron chi connectivity index (χ0n) is 7.94. The van der Waals surface area contributed by atoms with Crippen molar-refractivity contribution in [2.45, 2.75) is 0 Å². The smallest absolute Gasteiger partial charge is 0.198 e. The Kier molecular flexibility index (Phi) is 2.18. The van der Waals surface area contributed by atoms with E-state index in [2.05, 4.69) is 16.3 Å². The number of nitrogens with zero attached hydrogens (tertiary/aromatic N) is 2. The summed E-state index contributed by atoms with van der Waals surface area (Å²) in [5, 5.41) is 0.904. The quantitative estimate of drug-likeness (QED) is 0.717. The van der Waals surface area contributed by atoms with Crippen molar-refractivity contribution in [3.05, 3.63) is 24.7 Å². The number of aromatic nitrogens is 2. The van der Waals surface area contributed by atoms with E-state index in [4.69, 9.17) is 9.47 Å². The van der Waals surface area contributed by atoms with E-state index >= 15 is 0 Å². The molecular weight excluding hydrogens is 180 g/mol. The maximum absolute atomic E-state index is 5.15. The Bertz CT molecular complexity index is 414. The fraction of sp³-hybridized carbons (Fsp3) is 0.200. The fourth-order valence-corrected chi connectivity index (χ4v) is 1.27. The van der Waals surface area contributed by atoms with Crippen LogP contribution >= 0.6 is 0 Å². The Morgan fingerprint density at radius 1 is 1.14 bits per heavy atom. The van der Waals surface area contributed by atoms with Crippen LogP contribution in [0, 0.1) is 6.33 Å². The van der Waals surface area contributed by atoms with Gasteiger partial charge in [0, 0.05) is 17.6 Å². The van der Waals surface area contributed by atoms with Gasteiger partial charge in [0.15, 0.2) is 17.8 Å². The van der Waals surface area contributed by atoms with Crippen molar-refractivity contribution in [2.75, 3.05) is 14.2 Å². The summed E-state index contributed by atoms with van der Waals surface area (Å²) in [6, 6.07) is 3.63. The molecule has 0 saturated carbocycles. The van der Waals surface area contributed by atoms with Crippen LogP contribution in [0.25, 0.3) is 10.9 Å². The van der Waals surface area contributed by atoms with Gasteiger partial charge < -0.3 is 9.47 Å². The molecule has 0 spiro atoms. The van der Waals surface area contributed by atoms with Gasteiger partial charge in [-0.3, -0.25) is 0 Å². The summed E-state index contributed by atoms with van der Waals surface area (Å²) in [4.78, 5) is 7.80. The Balaban J connectivity index is 2.69. The molecule has 14 heavy (non-hydrogen) atoms. The molecule has 2 aromatic rings. The Labute approximate surface area is 81.5 Å². The summed E-state index contributed by atoms with van der Waals surface area (Å²) in [7, 11) is 3.19. The molecule has 0 saturated heterocycles. The summed E-state index contributed by atoms with van der Waals surface area (Å²) in [5.41, 5.74) is 0.789. The summed E-state index contributed by atoms with van der Waals surface area (Å²) in [6.07, 6.45) is 4.21. The molecule has 0 aliphatic carbocycles. The topological polar surface area (TPSA) is 44.2 Å². The molecule has 0 aliphatic heterocycles. The molecule has 0 amide bonds. The van der Waals surface area contributed by atoms with Crippen LogP contribution in [0.2, 0.25) is 0 Å². The van der Waals surface area contributed by atoms with Crippen LogP contribution < -0.4 is 9.47 Å². The van der Waals surface area contributed by atoms with Gasteiger partial charge in [0.05, 0.1) is 19.7 Å². The number of methoxy groups -OCH3 is 2. The molecule has 1 aromatic heterocycles. The number of ether oxygens (including phenoxy) is 2. The fourth-order valence-electron chi connectivity index (χ4n) is 1.27. The zero-order chi connectivity index (χ0) is 9.97. The lowest BCUT2D eigenvalue weighted by Crippen LogP contribution is -1.91. The first-order valence-electron chi connectivity index (χ1n) is 4.10. The highest BCUT2D eigenvalue weighted by Crippen LogP contribution is 2.30. The predicted molar refractivity (Wildman–Crippen MR) is 51.5 cm³/mol. The summed E-state index contributed by atoms with van der Waals surface area (Å²) in [5.74, 6) is 1.34. The number of rotatable bonds is 2. The molecule has 71 valence electrons. The zero-order valence-corrected chi connectivity index (χ0v) is 7.94. The lowest BCUT2D eigenvalue weighted by atomic mass is 10.2. The van der Waals surface area contributed by atoms with E-state index in [0.29, 0.717) is 11.5 Å². The van der Waals surface area contributed by atoms with E-state index < -0.39 is 0 Å². The lowest BCUT2D eigenvalue weighted by Gasteiger charge is -2.07. The van der Waals surface area contributed by atoms with Crippen molar-refractivity contribution in [3.8, 4) is 11.5 Å². The first-order chi connectivity index (χ1) is 6.85. The molecule has 0 atom stereocenters. The van der Waals surface area contributed by atoms with Crippen LogP contribution in [0.1, 0.15) is 0 Å². The second kappa shape index (κ2) is 3.49. The summed E-state index contributed by atoms with van der Waals surface area (Å²) in [6.45, 7) is 0. The van der Waals surface area contributed by atoms with E-state index in [0.717, 1.165) is 10.9 Å². The Morgan fingerprint density at radius 2 is 1.86 bits per heavy atom. The Hall–Kier alpha value is -1.84. The van der Waals surface area contributed by atoms with Gasteiger partial charge in [0.2, 0.25) is 0 Å². The van der Waals surface area contributed by atoms with Crippen LogP contribution in [0.3, 0.4) is 0 Å². The molecule has 0 N–H and O–H groups in total. The van der Waals surface area contributed by atoms with E-state index in [1.54, 1.807) is 26.5 Å². The van der Waals surface area contributed by atoms with Crippen molar-refractivity contribution in [1.29, 1.82) is 0 Å². The van der Waals surface area contributed by atoms with Crippen molar-refractivity contribution in [3.63, 3.8) is 0 Å². The average molecular weight is 189 g/mol. The monoisotopic (exact) mass is 189 g/mol. The maximum Gasteiger partial charge on any atom is 0.198 e. The van der Waals surface area contributed by atoms with E-state index in [1.165, 1.54) is 0 Å². The third kappa shape index (κ3) is 1.35. The largest absolute Gasteiger partial charge is 0.493 e. The third-order valence-electron chi connectivity index (χ3n) is 1.96. The minimum Gasteiger partial charge on any atom is -0.493 e. The third-order valence-corrected chi connectivity index (χ3v) is 1.96. The highest BCUT2D eigenvalue weighted by atomic mass is 16.5. The van der Waals surface area contributed by atoms with Gasteiger partial charge in [0.25, 0.3) is 0 Å². The van der Waals surface area contributed by atoms with Gasteiger partial charge in [-0.1, -0.05) is 0 Å². The van der Waals surface area contributed by atoms with Gasteiger partial charge in [-0.2, -0.15) is 0 Å². The van der Waals surface area contributed by atoms with Crippen LogP contribution in [-0.2, 0) is 0 Å². The Morgan fingerprint density at radius 3 is 2.57 bits per heavy atom. The summed E-state index contributed by atoms with van der Waals surface area (Å²) < 4.78 is 10.3. The van der Waals surface area contributed by atoms with E-state index in [-0.39, 0.29) is 0 Å². The molecule has 1 aromatic carbocycles. The predicted octanol–water partition coefficient (Wildman–Crippen LogP) is 1.45. The van der Waals surface area contributed by atoms with Gasteiger partial charge >= 0.3 is 0 Å². The molecule has 0 aliphatic rings. The summed E-state index contributed by atoms with van der Waals surface area (Å²) >= 11 is 0. The van der Waals surface area contributed by atoms with Crippen molar-refractivity contribution in [2.24, 2.45) is 0 Å². The normalized spacial score (nSPS) is 10.1. The molecule has 0 bridgehead atoms. The second-order valence-corrected chi connectivity index (χ2v) is 2.74. The second-order valence-electron chi connectivity index (χ2n) is 2.74. The standard InChI is InChI=1S/C10H9N2O2/c1-13-9-3-7-5-11-6-12-8(7)4-10(9)14-2/h3-5H,1-2H3. The van der Waals surface area contributed by atoms with Gasteiger partial charge in [-0.15, -0.1) is 0 Å². The van der Waals surface area contributed by atoms with Crippen molar-refractivity contribution in [1.82, 2.24) is 9.97 Å². The number of fused-ring (bicyclic) bond motifs is 1. The molecule has 0 unspecified atom stereocenters. The van der Waals surface area contributed by atoms with Gasteiger partial charge in [-0.25, -0.2) is 9.97 Å². The van der Waals surface area contributed by atoms with Crippen LogP contribution in [0.5, 0.6) is 11.5 Å². The van der Waals surface area contributed by atoms with Crippen molar-refractivity contribution >= 4 is 10.9 Å². The first kappa shape index (κ1) is 8.74. The molecular formula is C10H9N2O2. The number of hydrogen-bond donors (Lipinski definition) is 0. The van der Waals surface area contributed by atoms with Crippen LogP contribution in [0.15, 0.2) is 18.3 Å². The average Bonchev–Trinajstić information content (AvgIpc) is 2.27. The molecule has 2 rings (SSSR count). The minimum atomic E-state index is 0.659. The first-order valence-corrected chi connectivity index (χ1v) is 4.10. The molecule has 1 radical (unpaired) electrons. The minimum absolute atomic E-state index is 0.659. The number of hydrogen-bond acceptors (Lipinski definition) is 4. The highest BCUT2D eigenvalue weighted by molar-refractivity contribution is 5.81. The highest BCUT2D eigenvalue weighted by Gasteiger charge is 2.05. The molecule has 4 heteroatoms. The van der Waals surface area contributed by atoms with Crippen LogP contribution in [0.4, 0.5) is 0 Å². The van der Waals surface area contributed by atoms with E-state index in [1.807, 2.05) is 6.07 Å².